The Morgan fingerprint density at radius 2 is 1.82 bits per heavy atom. The van der Waals surface area contributed by atoms with Crippen molar-refractivity contribution in [3.8, 4) is 0 Å². The molecule has 1 aromatic carbocycles. The van der Waals surface area contributed by atoms with Gasteiger partial charge in [-0.05, 0) is 18.6 Å². The summed E-state index contributed by atoms with van der Waals surface area (Å²) in [7, 11) is 3.72. The average Bonchev–Trinajstić information content (AvgIpc) is 2.59. The highest BCUT2D eigenvalue weighted by atomic mass is 16.2. The van der Waals surface area contributed by atoms with Gasteiger partial charge in [0, 0.05) is 26.3 Å². The lowest BCUT2D eigenvalue weighted by Crippen LogP contribution is -2.27. The molecule has 5 nitrogen and oxygen atoms in total. The molecule has 0 atom stereocenters. The largest absolute Gasteiger partial charge is 0.358 e. The molecule has 0 radical (unpaired) electrons. The second kappa shape index (κ2) is 7.54. The lowest BCUT2D eigenvalue weighted by Gasteiger charge is -2.19. The number of rotatable bonds is 6. The van der Waals surface area contributed by atoms with Gasteiger partial charge in [-0.15, -0.1) is 0 Å². The molecule has 0 aliphatic rings. The Kier molecular flexibility index (Phi) is 5.47. The molecular formula is C17H22N4O. The summed E-state index contributed by atoms with van der Waals surface area (Å²) in [6.07, 6.45) is 5.44. The SMILES string of the molecule is CCCCN(C)c1cnc(C(=O)N(C)c2ccccc2)cn1. The van der Waals surface area contributed by atoms with E-state index in [9.17, 15) is 4.79 Å². The molecule has 22 heavy (non-hydrogen) atoms. The number of benzene rings is 1. The van der Waals surface area contributed by atoms with Crippen LogP contribution in [0.15, 0.2) is 42.7 Å². The van der Waals surface area contributed by atoms with Crippen LogP contribution in [0.3, 0.4) is 0 Å². The van der Waals surface area contributed by atoms with Crippen molar-refractivity contribution in [2.75, 3.05) is 30.4 Å². The Bertz CT molecular complexity index is 598. The third kappa shape index (κ3) is 3.81. The Morgan fingerprint density at radius 1 is 1.09 bits per heavy atom. The lowest BCUT2D eigenvalue weighted by atomic mass is 10.3. The minimum absolute atomic E-state index is 0.165. The van der Waals surface area contributed by atoms with Crippen molar-refractivity contribution in [1.82, 2.24) is 9.97 Å². The van der Waals surface area contributed by atoms with E-state index in [0.717, 1.165) is 30.9 Å². The number of carbonyl (C=O) groups is 1. The van der Waals surface area contributed by atoms with Gasteiger partial charge in [-0.1, -0.05) is 31.5 Å². The number of carbonyl (C=O) groups excluding carboxylic acids is 1. The third-order valence-electron chi connectivity index (χ3n) is 3.54. The molecule has 0 fully saturated rings. The standard InChI is InChI=1S/C17H22N4O/c1-4-5-11-20(2)16-13-18-15(12-19-16)17(22)21(3)14-9-7-6-8-10-14/h6-10,12-13H,4-5,11H2,1-3H3. The molecule has 0 spiro atoms. The molecule has 2 aromatic rings. The van der Waals surface area contributed by atoms with E-state index in [-0.39, 0.29) is 5.91 Å². The first-order valence-electron chi connectivity index (χ1n) is 7.49. The Morgan fingerprint density at radius 3 is 2.41 bits per heavy atom. The van der Waals surface area contributed by atoms with Crippen LogP contribution in [-0.4, -0.2) is 36.5 Å². The number of nitrogens with zero attached hydrogens (tertiary/aromatic N) is 4. The summed E-state index contributed by atoms with van der Waals surface area (Å²) in [5, 5.41) is 0. The summed E-state index contributed by atoms with van der Waals surface area (Å²) >= 11 is 0. The first-order valence-corrected chi connectivity index (χ1v) is 7.49. The molecule has 0 bridgehead atoms. The van der Waals surface area contributed by atoms with E-state index in [4.69, 9.17) is 0 Å². The van der Waals surface area contributed by atoms with Crippen molar-refractivity contribution in [2.24, 2.45) is 0 Å². The number of hydrogen-bond acceptors (Lipinski definition) is 4. The third-order valence-corrected chi connectivity index (χ3v) is 3.54. The molecule has 0 aliphatic carbocycles. The van der Waals surface area contributed by atoms with Crippen LogP contribution in [0.5, 0.6) is 0 Å². The van der Waals surface area contributed by atoms with Gasteiger partial charge in [0.25, 0.3) is 5.91 Å². The molecular weight excluding hydrogens is 276 g/mol. The van der Waals surface area contributed by atoms with Crippen LogP contribution in [0, 0.1) is 0 Å². The zero-order valence-electron chi connectivity index (χ0n) is 13.4. The van der Waals surface area contributed by atoms with Gasteiger partial charge < -0.3 is 9.80 Å². The van der Waals surface area contributed by atoms with Crippen LogP contribution in [0.1, 0.15) is 30.3 Å². The van der Waals surface area contributed by atoms with Gasteiger partial charge >= 0.3 is 0 Å². The summed E-state index contributed by atoms with van der Waals surface area (Å²) in [5.74, 6) is 0.619. The van der Waals surface area contributed by atoms with Gasteiger partial charge in [0.1, 0.15) is 11.5 Å². The molecule has 0 N–H and O–H groups in total. The van der Waals surface area contributed by atoms with Crippen molar-refractivity contribution in [3.63, 3.8) is 0 Å². The van der Waals surface area contributed by atoms with E-state index in [1.54, 1.807) is 24.3 Å². The molecule has 5 heteroatoms. The van der Waals surface area contributed by atoms with Crippen LogP contribution in [0.25, 0.3) is 0 Å². The van der Waals surface area contributed by atoms with Gasteiger partial charge in [-0.2, -0.15) is 0 Å². The molecule has 0 saturated heterocycles. The maximum Gasteiger partial charge on any atom is 0.278 e. The molecule has 1 aromatic heterocycles. The van der Waals surface area contributed by atoms with Gasteiger partial charge in [-0.3, -0.25) is 4.79 Å². The van der Waals surface area contributed by atoms with E-state index < -0.39 is 0 Å². The Balaban J connectivity index is 2.08. The quantitative estimate of drug-likeness (QED) is 0.822. The van der Waals surface area contributed by atoms with E-state index in [0.29, 0.717) is 5.69 Å². The molecule has 1 heterocycles. The van der Waals surface area contributed by atoms with Crippen LogP contribution >= 0.6 is 0 Å². The monoisotopic (exact) mass is 298 g/mol. The second-order valence-corrected chi connectivity index (χ2v) is 5.23. The van der Waals surface area contributed by atoms with Crippen molar-refractivity contribution >= 4 is 17.4 Å². The van der Waals surface area contributed by atoms with Crippen molar-refractivity contribution in [3.05, 3.63) is 48.4 Å². The number of hydrogen-bond donors (Lipinski definition) is 0. The molecule has 116 valence electrons. The first kappa shape index (κ1) is 15.9. The first-order chi connectivity index (χ1) is 10.6. The summed E-state index contributed by atoms with van der Waals surface area (Å²) in [4.78, 5) is 24.6. The highest BCUT2D eigenvalue weighted by molar-refractivity contribution is 6.04. The zero-order valence-corrected chi connectivity index (χ0v) is 13.4. The lowest BCUT2D eigenvalue weighted by molar-refractivity contribution is 0.0988. The fraction of sp³-hybridized carbons (Fsp3) is 0.353. The summed E-state index contributed by atoms with van der Waals surface area (Å²) < 4.78 is 0. The topological polar surface area (TPSA) is 49.3 Å². The second-order valence-electron chi connectivity index (χ2n) is 5.23. The number of amides is 1. The zero-order chi connectivity index (χ0) is 15.9. The molecule has 0 saturated carbocycles. The van der Waals surface area contributed by atoms with E-state index >= 15 is 0 Å². The highest BCUT2D eigenvalue weighted by Gasteiger charge is 2.15. The van der Waals surface area contributed by atoms with Crippen molar-refractivity contribution in [1.29, 1.82) is 0 Å². The molecule has 0 aliphatic heterocycles. The number of para-hydroxylation sites is 1. The predicted molar refractivity (Wildman–Crippen MR) is 89.4 cm³/mol. The van der Waals surface area contributed by atoms with E-state index in [2.05, 4.69) is 16.9 Å². The van der Waals surface area contributed by atoms with Crippen molar-refractivity contribution in [2.45, 2.75) is 19.8 Å². The van der Waals surface area contributed by atoms with Crippen molar-refractivity contribution < 1.29 is 4.79 Å². The molecule has 1 amide bonds. The van der Waals surface area contributed by atoms with Gasteiger partial charge in [0.05, 0.1) is 12.4 Å². The predicted octanol–water partition coefficient (Wildman–Crippen LogP) is 2.99. The summed E-state index contributed by atoms with van der Waals surface area (Å²) in [6.45, 7) is 3.09. The normalized spacial score (nSPS) is 10.3. The Hall–Kier alpha value is -2.43. The van der Waals surface area contributed by atoms with Crippen LogP contribution in [0.2, 0.25) is 0 Å². The average molecular weight is 298 g/mol. The maximum absolute atomic E-state index is 12.4. The summed E-state index contributed by atoms with van der Waals surface area (Å²) in [6, 6.07) is 9.49. The van der Waals surface area contributed by atoms with E-state index in [1.165, 1.54) is 0 Å². The van der Waals surface area contributed by atoms with Gasteiger partial charge in [-0.25, -0.2) is 9.97 Å². The van der Waals surface area contributed by atoms with Gasteiger partial charge in [0.2, 0.25) is 0 Å². The number of unbranched alkanes of at least 4 members (excludes halogenated alkanes) is 1. The smallest absolute Gasteiger partial charge is 0.278 e. The van der Waals surface area contributed by atoms with Crippen LogP contribution in [0.4, 0.5) is 11.5 Å². The van der Waals surface area contributed by atoms with Crippen LogP contribution in [-0.2, 0) is 0 Å². The van der Waals surface area contributed by atoms with Crippen LogP contribution < -0.4 is 9.80 Å². The number of aromatic nitrogens is 2. The highest BCUT2D eigenvalue weighted by Crippen LogP contribution is 2.14. The molecule has 2 rings (SSSR count). The van der Waals surface area contributed by atoms with E-state index in [1.807, 2.05) is 42.3 Å². The maximum atomic E-state index is 12.4. The minimum Gasteiger partial charge on any atom is -0.358 e. The fourth-order valence-electron chi connectivity index (χ4n) is 2.08. The fourth-order valence-corrected chi connectivity index (χ4v) is 2.08. The summed E-state index contributed by atoms with van der Waals surface area (Å²) in [5.41, 5.74) is 1.18. The van der Waals surface area contributed by atoms with Gasteiger partial charge in [0.15, 0.2) is 0 Å². The minimum atomic E-state index is -0.165. The Labute approximate surface area is 131 Å². The molecule has 0 unspecified atom stereocenters. The number of anilines is 2.